The van der Waals surface area contributed by atoms with Crippen molar-refractivity contribution < 1.29 is 9.90 Å². The van der Waals surface area contributed by atoms with E-state index in [2.05, 4.69) is 22.4 Å². The fraction of sp³-hybridized carbons (Fsp3) is 0.833. The Labute approximate surface area is 107 Å². The molecule has 0 fully saturated rings. The second-order valence-corrected chi connectivity index (χ2v) is 5.19. The predicted octanol–water partition coefficient (Wildman–Crippen LogP) is 1.93. The standard InChI is InChI=1S/C12H22N4O2/c1-5-9(4)11-13-14-15-16(11)7-10(12(17)18)6-8(2)3/h8-10H,5-7H2,1-4H3,(H,17,18). The molecule has 0 saturated heterocycles. The van der Waals surface area contributed by atoms with Crippen LogP contribution in [-0.2, 0) is 11.3 Å². The molecule has 2 unspecified atom stereocenters. The van der Waals surface area contributed by atoms with Gasteiger partial charge in [-0.1, -0.05) is 27.7 Å². The smallest absolute Gasteiger partial charge is 0.308 e. The van der Waals surface area contributed by atoms with Crippen LogP contribution in [0.5, 0.6) is 0 Å². The van der Waals surface area contributed by atoms with Gasteiger partial charge >= 0.3 is 5.97 Å². The van der Waals surface area contributed by atoms with Gasteiger partial charge in [0, 0.05) is 5.92 Å². The summed E-state index contributed by atoms with van der Waals surface area (Å²) in [5, 5.41) is 20.8. The van der Waals surface area contributed by atoms with Crippen molar-refractivity contribution >= 4 is 5.97 Å². The fourth-order valence-corrected chi connectivity index (χ4v) is 1.91. The lowest BCUT2D eigenvalue weighted by atomic mass is 9.97. The fourth-order valence-electron chi connectivity index (χ4n) is 1.91. The zero-order valence-corrected chi connectivity index (χ0v) is 11.5. The lowest BCUT2D eigenvalue weighted by Crippen LogP contribution is -2.24. The van der Waals surface area contributed by atoms with Crippen LogP contribution in [0.25, 0.3) is 0 Å². The normalized spacial score (nSPS) is 14.7. The number of aromatic nitrogens is 4. The van der Waals surface area contributed by atoms with Gasteiger partial charge in [0.15, 0.2) is 5.82 Å². The van der Waals surface area contributed by atoms with Crippen LogP contribution in [0.3, 0.4) is 0 Å². The zero-order valence-electron chi connectivity index (χ0n) is 11.5. The van der Waals surface area contributed by atoms with Gasteiger partial charge in [-0.15, -0.1) is 5.10 Å². The highest BCUT2D eigenvalue weighted by Crippen LogP contribution is 2.18. The molecular weight excluding hydrogens is 232 g/mol. The van der Waals surface area contributed by atoms with E-state index in [1.807, 2.05) is 20.8 Å². The van der Waals surface area contributed by atoms with Gasteiger partial charge < -0.3 is 5.11 Å². The van der Waals surface area contributed by atoms with Gasteiger partial charge in [-0.25, -0.2) is 4.68 Å². The molecule has 18 heavy (non-hydrogen) atoms. The number of nitrogens with zero attached hydrogens (tertiary/aromatic N) is 4. The molecule has 1 N–H and O–H groups in total. The van der Waals surface area contributed by atoms with E-state index in [1.54, 1.807) is 4.68 Å². The van der Waals surface area contributed by atoms with Gasteiger partial charge in [0.05, 0.1) is 12.5 Å². The Balaban J connectivity index is 2.81. The molecule has 0 saturated carbocycles. The predicted molar refractivity (Wildman–Crippen MR) is 67.1 cm³/mol. The van der Waals surface area contributed by atoms with Crippen LogP contribution in [0, 0.1) is 11.8 Å². The summed E-state index contributed by atoms with van der Waals surface area (Å²) >= 11 is 0. The van der Waals surface area contributed by atoms with Gasteiger partial charge in [0.2, 0.25) is 0 Å². The van der Waals surface area contributed by atoms with Crippen molar-refractivity contribution in [2.75, 3.05) is 0 Å². The molecule has 1 rings (SSSR count). The molecule has 0 radical (unpaired) electrons. The van der Waals surface area contributed by atoms with Crippen molar-refractivity contribution in [2.45, 2.75) is 53.0 Å². The number of hydrogen-bond donors (Lipinski definition) is 1. The van der Waals surface area contributed by atoms with Crippen LogP contribution in [0.2, 0.25) is 0 Å². The Morgan fingerprint density at radius 1 is 1.39 bits per heavy atom. The maximum Gasteiger partial charge on any atom is 0.308 e. The quantitative estimate of drug-likeness (QED) is 0.804. The average molecular weight is 254 g/mol. The number of carboxylic acids is 1. The Kier molecular flexibility index (Phi) is 5.25. The molecule has 0 aliphatic rings. The molecule has 0 aliphatic carbocycles. The first kappa shape index (κ1) is 14.6. The number of carboxylic acid groups (broad SMARTS) is 1. The van der Waals surface area contributed by atoms with Crippen LogP contribution in [0.1, 0.15) is 52.3 Å². The van der Waals surface area contributed by atoms with E-state index in [1.165, 1.54) is 0 Å². The van der Waals surface area contributed by atoms with Gasteiger partial charge in [-0.3, -0.25) is 4.79 Å². The van der Waals surface area contributed by atoms with Crippen LogP contribution in [-0.4, -0.2) is 31.3 Å². The van der Waals surface area contributed by atoms with Crippen molar-refractivity contribution in [1.82, 2.24) is 20.2 Å². The number of carbonyl (C=O) groups is 1. The monoisotopic (exact) mass is 254 g/mol. The lowest BCUT2D eigenvalue weighted by Gasteiger charge is -2.16. The largest absolute Gasteiger partial charge is 0.481 e. The van der Waals surface area contributed by atoms with Crippen molar-refractivity contribution in [2.24, 2.45) is 11.8 Å². The first-order valence-electron chi connectivity index (χ1n) is 6.44. The van der Waals surface area contributed by atoms with Crippen molar-refractivity contribution in [3.63, 3.8) is 0 Å². The summed E-state index contributed by atoms with van der Waals surface area (Å²) in [5.74, 6) is 0.140. The molecular formula is C12H22N4O2. The SMILES string of the molecule is CCC(C)c1nnnn1CC(CC(C)C)C(=O)O. The Morgan fingerprint density at radius 3 is 2.56 bits per heavy atom. The Hall–Kier alpha value is -1.46. The summed E-state index contributed by atoms with van der Waals surface area (Å²) in [4.78, 5) is 11.2. The van der Waals surface area contributed by atoms with Crippen molar-refractivity contribution in [3.8, 4) is 0 Å². The minimum Gasteiger partial charge on any atom is -0.481 e. The molecule has 0 aromatic carbocycles. The van der Waals surface area contributed by atoms with Gasteiger partial charge in [0.25, 0.3) is 0 Å². The van der Waals surface area contributed by atoms with Crippen LogP contribution in [0.4, 0.5) is 0 Å². The molecule has 2 atom stereocenters. The Morgan fingerprint density at radius 2 is 2.06 bits per heavy atom. The van der Waals surface area contributed by atoms with Crippen molar-refractivity contribution in [1.29, 1.82) is 0 Å². The number of hydrogen-bond acceptors (Lipinski definition) is 4. The minimum atomic E-state index is -0.783. The molecule has 6 nitrogen and oxygen atoms in total. The first-order chi connectivity index (χ1) is 8.45. The Bertz CT molecular complexity index is 389. The molecule has 1 aromatic rings. The summed E-state index contributed by atoms with van der Waals surface area (Å²) in [5.41, 5.74) is 0. The first-order valence-corrected chi connectivity index (χ1v) is 6.44. The molecule has 6 heteroatoms. The van der Waals surface area contributed by atoms with Gasteiger partial charge in [-0.2, -0.15) is 0 Å². The van der Waals surface area contributed by atoms with E-state index in [9.17, 15) is 9.90 Å². The number of tetrazole rings is 1. The maximum atomic E-state index is 11.2. The zero-order chi connectivity index (χ0) is 13.7. The van der Waals surface area contributed by atoms with E-state index in [0.29, 0.717) is 18.9 Å². The molecule has 102 valence electrons. The molecule has 0 spiro atoms. The van der Waals surface area contributed by atoms with E-state index in [4.69, 9.17) is 0 Å². The third-order valence-electron chi connectivity index (χ3n) is 3.11. The molecule has 0 aliphatic heterocycles. The molecule has 0 amide bonds. The van der Waals surface area contributed by atoms with Crippen molar-refractivity contribution in [3.05, 3.63) is 5.82 Å². The van der Waals surface area contributed by atoms with Crippen LogP contribution < -0.4 is 0 Å². The van der Waals surface area contributed by atoms with Gasteiger partial charge in [-0.05, 0) is 29.2 Å². The van der Waals surface area contributed by atoms with E-state index in [0.717, 1.165) is 12.2 Å². The van der Waals surface area contributed by atoms with E-state index >= 15 is 0 Å². The summed E-state index contributed by atoms with van der Waals surface area (Å²) in [7, 11) is 0. The average Bonchev–Trinajstić information content (AvgIpc) is 2.74. The maximum absolute atomic E-state index is 11.2. The minimum absolute atomic E-state index is 0.244. The highest BCUT2D eigenvalue weighted by atomic mass is 16.4. The van der Waals surface area contributed by atoms with E-state index in [-0.39, 0.29) is 5.92 Å². The molecule has 1 aromatic heterocycles. The highest BCUT2D eigenvalue weighted by molar-refractivity contribution is 5.69. The van der Waals surface area contributed by atoms with Crippen LogP contribution in [0.15, 0.2) is 0 Å². The second-order valence-electron chi connectivity index (χ2n) is 5.19. The summed E-state index contributed by atoms with van der Waals surface area (Å²) in [6.45, 7) is 8.49. The molecule has 1 heterocycles. The summed E-state index contributed by atoms with van der Waals surface area (Å²) in [6, 6.07) is 0. The number of aliphatic carboxylic acids is 1. The second kappa shape index (κ2) is 6.47. The van der Waals surface area contributed by atoms with Crippen LogP contribution >= 0.6 is 0 Å². The number of rotatable bonds is 7. The van der Waals surface area contributed by atoms with E-state index < -0.39 is 11.9 Å². The topological polar surface area (TPSA) is 80.9 Å². The third-order valence-corrected chi connectivity index (χ3v) is 3.11. The van der Waals surface area contributed by atoms with Gasteiger partial charge in [0.1, 0.15) is 0 Å². The third kappa shape index (κ3) is 3.78. The summed E-state index contributed by atoms with van der Waals surface area (Å²) < 4.78 is 1.63. The summed E-state index contributed by atoms with van der Waals surface area (Å²) in [6.07, 6.45) is 1.57. The highest BCUT2D eigenvalue weighted by Gasteiger charge is 2.23. The molecule has 0 bridgehead atoms. The lowest BCUT2D eigenvalue weighted by molar-refractivity contribution is -0.142.